The number of nitrogens with zero attached hydrogens (tertiary/aromatic N) is 3. The fourth-order valence-electron chi connectivity index (χ4n) is 7.51. The Hall–Kier alpha value is -3.02. The first kappa shape index (κ1) is 35.8. The van der Waals surface area contributed by atoms with E-state index in [-0.39, 0.29) is 42.3 Å². The number of likely N-dealkylation sites (tertiary alicyclic amines) is 1. The Morgan fingerprint density at radius 2 is 1.91 bits per heavy atom. The number of halogens is 1. The molecule has 46 heavy (non-hydrogen) atoms. The summed E-state index contributed by atoms with van der Waals surface area (Å²) in [5.74, 6) is -3.38. The fourth-order valence-corrected chi connectivity index (χ4v) is 8.45. The standard InChI is InChI=1S/C35H48BrN3O7/c1-7-10-17-26(41)37(6)23(5)29(24-15-12-11-13-16-24)45-34(44)27-28-32(42)39(19-20-40)31(35(28)21-25(36)30(27)46-35)33(43)38(18-9-3)22(4)14-8-2/h7,9,11-13,15-16,22-23,25,27-31,40H,1,3,8,10,14,17-21H2,2,4-6H3/t22?,23-,25?,27+,28-,29+,30+,31+,35-/m1/s1. The van der Waals surface area contributed by atoms with Gasteiger partial charge >= 0.3 is 5.97 Å². The van der Waals surface area contributed by atoms with E-state index in [2.05, 4.69) is 29.1 Å². The van der Waals surface area contributed by atoms with Crippen LogP contribution in [-0.2, 0) is 28.7 Å². The van der Waals surface area contributed by atoms with E-state index >= 15 is 0 Å². The second kappa shape index (κ2) is 15.3. The molecule has 9 atom stereocenters. The average Bonchev–Trinajstić information content (AvgIpc) is 3.64. The number of aliphatic hydroxyl groups excluding tert-OH is 1. The largest absolute Gasteiger partial charge is 0.455 e. The van der Waals surface area contributed by atoms with Crippen molar-refractivity contribution in [1.82, 2.24) is 14.7 Å². The molecule has 1 N–H and O–H groups in total. The smallest absolute Gasteiger partial charge is 0.313 e. The number of alkyl halides is 1. The molecule has 1 aromatic carbocycles. The van der Waals surface area contributed by atoms with Gasteiger partial charge in [-0.3, -0.25) is 19.2 Å². The molecule has 11 heteroatoms. The Labute approximate surface area is 280 Å². The molecule has 0 saturated carbocycles. The zero-order chi connectivity index (χ0) is 33.8. The van der Waals surface area contributed by atoms with Crippen LogP contribution in [0.15, 0.2) is 55.6 Å². The van der Waals surface area contributed by atoms with Gasteiger partial charge in [0, 0.05) is 37.4 Å². The minimum Gasteiger partial charge on any atom is -0.455 e. The number of fused-ring (bicyclic) bond motifs is 1. The van der Waals surface area contributed by atoms with E-state index in [0.717, 1.165) is 12.8 Å². The van der Waals surface area contributed by atoms with Crippen molar-refractivity contribution in [1.29, 1.82) is 0 Å². The van der Waals surface area contributed by atoms with Crippen molar-refractivity contribution in [2.24, 2.45) is 11.8 Å². The maximum atomic E-state index is 14.4. The second-order valence-corrected chi connectivity index (χ2v) is 13.9. The summed E-state index contributed by atoms with van der Waals surface area (Å²) < 4.78 is 12.9. The minimum absolute atomic E-state index is 0.0678. The predicted molar refractivity (Wildman–Crippen MR) is 178 cm³/mol. The van der Waals surface area contributed by atoms with Crippen LogP contribution in [0.3, 0.4) is 0 Å². The van der Waals surface area contributed by atoms with Gasteiger partial charge in [0.25, 0.3) is 0 Å². The van der Waals surface area contributed by atoms with Crippen LogP contribution in [0.4, 0.5) is 0 Å². The number of aliphatic hydroxyl groups is 1. The van der Waals surface area contributed by atoms with Crippen LogP contribution >= 0.6 is 15.9 Å². The van der Waals surface area contributed by atoms with Gasteiger partial charge in [0.15, 0.2) is 0 Å². The third-order valence-electron chi connectivity index (χ3n) is 9.86. The number of benzene rings is 1. The second-order valence-electron chi connectivity index (χ2n) is 12.7. The molecule has 0 aromatic heterocycles. The number of rotatable bonds is 16. The SMILES string of the molecule is C=CCCC(=O)N(C)[C@H](C)[C@H](OC(=O)[C@@H]1[C@H]2O[C@@]3(CC2Br)[C@H](C(=O)N(CC=C)C(C)CCC)N(CCO)C(=O)[C@@H]13)c1ccccc1. The zero-order valence-corrected chi connectivity index (χ0v) is 28.9. The monoisotopic (exact) mass is 701 g/mol. The van der Waals surface area contributed by atoms with E-state index in [1.807, 2.05) is 51.1 Å². The van der Waals surface area contributed by atoms with Gasteiger partial charge in [-0.05, 0) is 38.7 Å². The van der Waals surface area contributed by atoms with Crippen molar-refractivity contribution >= 4 is 39.6 Å². The molecule has 1 spiro atoms. The van der Waals surface area contributed by atoms with Crippen molar-refractivity contribution in [3.05, 3.63) is 61.2 Å². The fraction of sp³-hybridized carbons (Fsp3) is 0.600. The quantitative estimate of drug-likeness (QED) is 0.157. The lowest BCUT2D eigenvalue weighted by atomic mass is 9.70. The molecule has 2 bridgehead atoms. The highest BCUT2D eigenvalue weighted by atomic mass is 79.9. The summed E-state index contributed by atoms with van der Waals surface area (Å²) in [5, 5.41) is 9.98. The van der Waals surface area contributed by atoms with Crippen molar-refractivity contribution in [2.45, 2.75) is 93.6 Å². The molecule has 1 aromatic rings. The topological polar surface area (TPSA) is 117 Å². The van der Waals surface area contributed by atoms with E-state index in [9.17, 15) is 24.3 Å². The van der Waals surface area contributed by atoms with Crippen molar-refractivity contribution in [3.63, 3.8) is 0 Å². The summed E-state index contributed by atoms with van der Waals surface area (Å²) in [5.41, 5.74) is -0.568. The van der Waals surface area contributed by atoms with E-state index in [1.165, 1.54) is 4.90 Å². The first-order valence-corrected chi connectivity index (χ1v) is 17.2. The van der Waals surface area contributed by atoms with Crippen molar-refractivity contribution in [2.75, 3.05) is 26.7 Å². The molecule has 3 heterocycles. The molecule has 3 aliphatic heterocycles. The molecule has 0 aliphatic carbocycles. The van der Waals surface area contributed by atoms with Crippen molar-refractivity contribution < 1.29 is 33.8 Å². The van der Waals surface area contributed by atoms with Gasteiger partial charge in [-0.15, -0.1) is 13.2 Å². The van der Waals surface area contributed by atoms with Gasteiger partial charge in [0.05, 0.1) is 30.6 Å². The van der Waals surface area contributed by atoms with Gasteiger partial charge < -0.3 is 29.3 Å². The highest BCUT2D eigenvalue weighted by Crippen LogP contribution is 2.60. The lowest BCUT2D eigenvalue weighted by Gasteiger charge is -2.39. The summed E-state index contributed by atoms with van der Waals surface area (Å²) in [4.78, 5) is 60.3. The Morgan fingerprint density at radius 1 is 1.22 bits per heavy atom. The van der Waals surface area contributed by atoms with Gasteiger partial charge in [-0.2, -0.15) is 0 Å². The zero-order valence-electron chi connectivity index (χ0n) is 27.3. The van der Waals surface area contributed by atoms with Crippen molar-refractivity contribution in [3.8, 4) is 0 Å². The molecule has 3 saturated heterocycles. The highest BCUT2D eigenvalue weighted by Gasteiger charge is 2.77. The van der Waals surface area contributed by atoms with Gasteiger partial charge in [0.2, 0.25) is 17.7 Å². The van der Waals surface area contributed by atoms with E-state index in [4.69, 9.17) is 9.47 Å². The van der Waals surface area contributed by atoms with Crippen LogP contribution in [0.25, 0.3) is 0 Å². The number of ether oxygens (including phenoxy) is 2. The Bertz CT molecular complexity index is 1290. The number of carbonyl (C=O) groups is 4. The molecular weight excluding hydrogens is 654 g/mol. The first-order chi connectivity index (χ1) is 22.0. The molecule has 4 rings (SSSR count). The molecule has 3 aliphatic rings. The molecule has 10 nitrogen and oxygen atoms in total. The molecule has 0 radical (unpaired) electrons. The summed E-state index contributed by atoms with van der Waals surface area (Å²) in [7, 11) is 1.68. The van der Waals surface area contributed by atoms with E-state index in [1.54, 1.807) is 29.0 Å². The molecule has 3 fully saturated rings. The summed E-state index contributed by atoms with van der Waals surface area (Å²) in [6, 6.07) is 7.56. The van der Waals surface area contributed by atoms with Crippen LogP contribution in [-0.4, -0.2) is 105 Å². The number of hydrogen-bond donors (Lipinski definition) is 1. The number of β-amino-alcohol motifs (C(OH)–C–C–N with tert-alkyl or cyclic N) is 1. The average molecular weight is 703 g/mol. The molecular formula is C35H48BrN3O7. The number of amides is 3. The van der Waals surface area contributed by atoms with Crippen LogP contribution in [0, 0.1) is 11.8 Å². The van der Waals surface area contributed by atoms with Crippen LogP contribution < -0.4 is 0 Å². The maximum Gasteiger partial charge on any atom is 0.313 e. The maximum absolute atomic E-state index is 14.4. The molecule has 2 unspecified atom stereocenters. The number of carbonyl (C=O) groups excluding carboxylic acids is 4. The van der Waals surface area contributed by atoms with Crippen LogP contribution in [0.5, 0.6) is 0 Å². The van der Waals surface area contributed by atoms with E-state index in [0.29, 0.717) is 24.9 Å². The van der Waals surface area contributed by atoms with Gasteiger partial charge in [-0.1, -0.05) is 71.8 Å². The Kier molecular flexibility index (Phi) is 11.9. The number of allylic oxidation sites excluding steroid dienone is 1. The third kappa shape index (κ3) is 6.55. The van der Waals surface area contributed by atoms with Crippen LogP contribution in [0.1, 0.15) is 64.5 Å². The summed E-state index contributed by atoms with van der Waals surface area (Å²) in [6.45, 7) is 13.3. The number of likely N-dealkylation sites (N-methyl/N-ethyl adjacent to an activating group) is 1. The first-order valence-electron chi connectivity index (χ1n) is 16.3. The normalized spacial score (nSPS) is 28.3. The number of hydrogen-bond acceptors (Lipinski definition) is 7. The minimum atomic E-state index is -1.28. The Morgan fingerprint density at radius 3 is 2.52 bits per heavy atom. The summed E-state index contributed by atoms with van der Waals surface area (Å²) >= 11 is 3.70. The molecule has 3 amide bonds. The number of esters is 1. The Balaban J connectivity index is 1.70. The highest BCUT2D eigenvalue weighted by molar-refractivity contribution is 9.09. The third-order valence-corrected chi connectivity index (χ3v) is 10.7. The lowest BCUT2D eigenvalue weighted by molar-refractivity contribution is -0.164. The summed E-state index contributed by atoms with van der Waals surface area (Å²) in [6.07, 6.45) is 4.60. The van der Waals surface area contributed by atoms with Gasteiger partial charge in [0.1, 0.15) is 17.7 Å². The van der Waals surface area contributed by atoms with Crippen LogP contribution in [0.2, 0.25) is 0 Å². The molecule has 252 valence electrons. The van der Waals surface area contributed by atoms with E-state index < -0.39 is 53.6 Å². The lowest BCUT2D eigenvalue weighted by Crippen LogP contribution is -2.58. The predicted octanol–water partition coefficient (Wildman–Crippen LogP) is 4.03. The van der Waals surface area contributed by atoms with Gasteiger partial charge in [-0.25, -0.2) is 0 Å².